The number of halogens is 1. The molecule has 38 heavy (non-hydrogen) atoms. The zero-order chi connectivity index (χ0) is 27.1. The number of nitrogens with two attached hydrogens (primary N) is 1. The Bertz CT molecular complexity index is 1480. The predicted molar refractivity (Wildman–Crippen MR) is 149 cm³/mol. The van der Waals surface area contributed by atoms with Gasteiger partial charge in [-0.1, -0.05) is 24.3 Å². The smallest absolute Gasteiger partial charge is 0.238 e. The lowest BCUT2D eigenvalue weighted by molar-refractivity contribution is 0.404. The van der Waals surface area contributed by atoms with E-state index in [1.165, 1.54) is 24.3 Å². The summed E-state index contributed by atoms with van der Waals surface area (Å²) in [6, 6.07) is 24.0. The molecule has 0 aliphatic heterocycles. The number of ether oxygens (including phenoxy) is 1. The molecule has 3 aromatic carbocycles. The van der Waals surface area contributed by atoms with E-state index in [2.05, 4.69) is 4.98 Å². The van der Waals surface area contributed by atoms with E-state index in [0.717, 1.165) is 16.7 Å². The molecular weight excluding hydrogens is 523 g/mol. The van der Waals surface area contributed by atoms with Gasteiger partial charge in [-0.15, -0.1) is 0 Å². The highest BCUT2D eigenvalue weighted by Gasteiger charge is 2.21. The van der Waals surface area contributed by atoms with Crippen molar-refractivity contribution in [3.63, 3.8) is 0 Å². The maximum atomic E-state index is 13.6. The molecule has 7 nitrogen and oxygen atoms in total. The van der Waals surface area contributed by atoms with Gasteiger partial charge in [-0.25, -0.2) is 17.9 Å². The SMILES string of the molecule is COc1cccc(CN(C(=S)N(Cc2ccncc2)Cc2ccc(F)cc2)c2ccc(S(N)(=O)=O)cc2)c1. The van der Waals surface area contributed by atoms with Gasteiger partial charge in [0.25, 0.3) is 0 Å². The molecule has 4 aromatic rings. The van der Waals surface area contributed by atoms with Crippen molar-refractivity contribution in [2.75, 3.05) is 12.0 Å². The van der Waals surface area contributed by atoms with Crippen molar-refractivity contribution >= 4 is 33.0 Å². The number of hydrogen-bond acceptors (Lipinski definition) is 5. The van der Waals surface area contributed by atoms with E-state index in [1.807, 2.05) is 46.2 Å². The Balaban J connectivity index is 1.73. The lowest BCUT2D eigenvalue weighted by Gasteiger charge is -2.34. The zero-order valence-corrected chi connectivity index (χ0v) is 22.3. The van der Waals surface area contributed by atoms with Crippen LogP contribution < -0.4 is 14.8 Å². The zero-order valence-electron chi connectivity index (χ0n) is 20.7. The Morgan fingerprint density at radius 1 is 0.895 bits per heavy atom. The summed E-state index contributed by atoms with van der Waals surface area (Å²) in [5.41, 5.74) is 3.50. The maximum absolute atomic E-state index is 13.6. The molecule has 0 saturated carbocycles. The average molecular weight is 551 g/mol. The summed E-state index contributed by atoms with van der Waals surface area (Å²) in [4.78, 5) is 8.03. The van der Waals surface area contributed by atoms with Gasteiger partial charge in [-0.05, 0) is 89.6 Å². The molecule has 1 aromatic heterocycles. The van der Waals surface area contributed by atoms with E-state index in [9.17, 15) is 12.8 Å². The van der Waals surface area contributed by atoms with Crippen molar-refractivity contribution in [1.82, 2.24) is 9.88 Å². The van der Waals surface area contributed by atoms with Crippen molar-refractivity contribution in [3.05, 3.63) is 120 Å². The lowest BCUT2D eigenvalue weighted by atomic mass is 10.1. The molecule has 0 spiro atoms. The summed E-state index contributed by atoms with van der Waals surface area (Å²) >= 11 is 6.06. The molecule has 196 valence electrons. The van der Waals surface area contributed by atoms with Crippen molar-refractivity contribution in [2.45, 2.75) is 24.5 Å². The van der Waals surface area contributed by atoms with Crippen LogP contribution in [0.4, 0.5) is 10.1 Å². The van der Waals surface area contributed by atoms with E-state index in [1.54, 1.807) is 43.8 Å². The number of pyridine rings is 1. The number of hydrogen-bond donors (Lipinski definition) is 1. The summed E-state index contributed by atoms with van der Waals surface area (Å²) in [5, 5.41) is 5.81. The van der Waals surface area contributed by atoms with E-state index < -0.39 is 10.0 Å². The maximum Gasteiger partial charge on any atom is 0.238 e. The minimum Gasteiger partial charge on any atom is -0.497 e. The van der Waals surface area contributed by atoms with Crippen LogP contribution in [0.2, 0.25) is 0 Å². The molecule has 0 saturated heterocycles. The summed E-state index contributed by atoms with van der Waals surface area (Å²) < 4.78 is 42.6. The molecule has 0 bridgehead atoms. The average Bonchev–Trinajstić information content (AvgIpc) is 2.92. The summed E-state index contributed by atoms with van der Waals surface area (Å²) in [7, 11) is -2.25. The van der Waals surface area contributed by atoms with Crippen molar-refractivity contribution in [3.8, 4) is 5.75 Å². The number of primary sulfonamides is 1. The highest BCUT2D eigenvalue weighted by molar-refractivity contribution is 7.89. The standard InChI is InChI=1S/C28H27FN4O3S2/c1-36-26-4-2-3-23(17-26)20-33(25-9-11-27(12-10-25)38(30,34)35)28(37)32(19-22-13-15-31-16-14-22)18-21-5-7-24(29)8-6-21/h2-17H,18-20H2,1H3,(H2,30,34,35). The Morgan fingerprint density at radius 2 is 1.53 bits per heavy atom. The fourth-order valence-corrected chi connectivity index (χ4v) is 4.73. The number of nitrogens with zero attached hydrogens (tertiary/aromatic N) is 3. The molecule has 0 atom stereocenters. The molecule has 0 aliphatic rings. The first-order valence-corrected chi connectivity index (χ1v) is 13.6. The number of benzene rings is 3. The second-order valence-electron chi connectivity index (χ2n) is 8.60. The summed E-state index contributed by atoms with van der Waals surface area (Å²) in [6.45, 7) is 1.29. The number of methoxy groups -OCH3 is 1. The van der Waals surface area contributed by atoms with Crippen molar-refractivity contribution in [1.29, 1.82) is 0 Å². The summed E-state index contributed by atoms with van der Waals surface area (Å²) in [6.07, 6.45) is 3.43. The Labute approximate surface area is 227 Å². The first kappa shape index (κ1) is 27.2. The Kier molecular flexibility index (Phi) is 8.67. The molecular formula is C28H27FN4O3S2. The van der Waals surface area contributed by atoms with Gasteiger partial charge in [0.05, 0.1) is 18.6 Å². The van der Waals surface area contributed by atoms with E-state index >= 15 is 0 Å². The molecule has 1 heterocycles. The van der Waals surface area contributed by atoms with Gasteiger partial charge in [0, 0.05) is 31.2 Å². The topological polar surface area (TPSA) is 88.8 Å². The minimum atomic E-state index is -3.85. The Hall–Kier alpha value is -3.86. The number of thiocarbonyl (C=S) groups is 1. The molecule has 2 N–H and O–H groups in total. The predicted octanol–water partition coefficient (Wildman–Crippen LogP) is 4.87. The van der Waals surface area contributed by atoms with Crippen LogP contribution in [0, 0.1) is 5.82 Å². The second-order valence-corrected chi connectivity index (χ2v) is 10.5. The molecule has 0 amide bonds. The van der Waals surface area contributed by atoms with Gasteiger partial charge in [-0.3, -0.25) is 4.98 Å². The third-order valence-electron chi connectivity index (χ3n) is 5.86. The molecule has 0 radical (unpaired) electrons. The van der Waals surface area contributed by atoms with Crippen LogP contribution in [-0.4, -0.2) is 30.5 Å². The van der Waals surface area contributed by atoms with Gasteiger partial charge in [0.1, 0.15) is 11.6 Å². The third-order valence-corrected chi connectivity index (χ3v) is 7.27. The van der Waals surface area contributed by atoms with Crippen LogP contribution in [0.3, 0.4) is 0 Å². The van der Waals surface area contributed by atoms with E-state index in [4.69, 9.17) is 22.1 Å². The van der Waals surface area contributed by atoms with Crippen molar-refractivity contribution in [2.24, 2.45) is 5.14 Å². The van der Waals surface area contributed by atoms with Crippen LogP contribution in [-0.2, 0) is 29.7 Å². The van der Waals surface area contributed by atoms with Crippen molar-refractivity contribution < 1.29 is 17.5 Å². The highest BCUT2D eigenvalue weighted by Crippen LogP contribution is 2.25. The quantitative estimate of drug-likeness (QED) is 0.298. The van der Waals surface area contributed by atoms with Crippen LogP contribution in [0.5, 0.6) is 5.75 Å². The number of sulfonamides is 1. The Morgan fingerprint density at radius 3 is 2.13 bits per heavy atom. The van der Waals surface area contributed by atoms with E-state index in [0.29, 0.717) is 36.2 Å². The third kappa shape index (κ3) is 7.12. The normalized spacial score (nSPS) is 11.1. The van der Waals surface area contributed by atoms with Gasteiger partial charge in [-0.2, -0.15) is 0 Å². The van der Waals surface area contributed by atoms with Gasteiger partial charge < -0.3 is 14.5 Å². The molecule has 0 aliphatic carbocycles. The fourth-order valence-electron chi connectivity index (χ4n) is 3.92. The van der Waals surface area contributed by atoms with Gasteiger partial charge in [0.2, 0.25) is 10.0 Å². The highest BCUT2D eigenvalue weighted by atomic mass is 32.2. The first-order valence-electron chi connectivity index (χ1n) is 11.7. The fraction of sp³-hybridized carbons (Fsp3) is 0.143. The molecule has 0 fully saturated rings. The molecule has 10 heteroatoms. The largest absolute Gasteiger partial charge is 0.497 e. The van der Waals surface area contributed by atoms with Gasteiger partial charge >= 0.3 is 0 Å². The molecule has 4 rings (SSSR count). The molecule has 0 unspecified atom stereocenters. The van der Waals surface area contributed by atoms with Crippen LogP contribution in [0.25, 0.3) is 0 Å². The van der Waals surface area contributed by atoms with Crippen LogP contribution in [0.15, 0.2) is 102 Å². The summed E-state index contributed by atoms with van der Waals surface area (Å²) in [5.74, 6) is 0.393. The van der Waals surface area contributed by atoms with Crippen LogP contribution in [0.1, 0.15) is 16.7 Å². The number of rotatable bonds is 9. The minimum absolute atomic E-state index is 0.00783. The van der Waals surface area contributed by atoms with Gasteiger partial charge in [0.15, 0.2) is 5.11 Å². The van der Waals surface area contributed by atoms with E-state index in [-0.39, 0.29) is 10.7 Å². The number of aromatic nitrogens is 1. The lowest BCUT2D eigenvalue weighted by Crippen LogP contribution is -2.42. The first-order chi connectivity index (χ1) is 18.2. The second kappa shape index (κ2) is 12.1. The number of anilines is 1. The monoisotopic (exact) mass is 550 g/mol. The van der Waals surface area contributed by atoms with Crippen LogP contribution >= 0.6 is 12.2 Å².